The van der Waals surface area contributed by atoms with Crippen LogP contribution in [0.15, 0.2) is 16.9 Å². The van der Waals surface area contributed by atoms with Crippen molar-refractivity contribution in [3.8, 4) is 0 Å². The first-order valence-corrected chi connectivity index (χ1v) is 7.39. The van der Waals surface area contributed by atoms with Crippen molar-refractivity contribution >= 4 is 0 Å². The van der Waals surface area contributed by atoms with Gasteiger partial charge in [0.2, 0.25) is 5.56 Å². The number of piperidine rings is 1. The zero-order valence-corrected chi connectivity index (χ0v) is 11.6. The summed E-state index contributed by atoms with van der Waals surface area (Å²) < 4.78 is 0. The molecule has 4 heteroatoms. The summed E-state index contributed by atoms with van der Waals surface area (Å²) in [5, 5.41) is 3.80. The van der Waals surface area contributed by atoms with Gasteiger partial charge in [0.15, 0.2) is 0 Å². The normalized spacial score (nSPS) is 28.1. The van der Waals surface area contributed by atoms with E-state index in [0.29, 0.717) is 12.1 Å². The molecule has 3 rings (SSSR count). The van der Waals surface area contributed by atoms with Gasteiger partial charge >= 0.3 is 0 Å². The van der Waals surface area contributed by atoms with Crippen LogP contribution in [0.3, 0.4) is 0 Å². The summed E-state index contributed by atoms with van der Waals surface area (Å²) in [4.78, 5) is 16.8. The van der Waals surface area contributed by atoms with E-state index in [1.807, 2.05) is 6.07 Å². The number of nitrogens with zero attached hydrogens (tertiary/aromatic N) is 1. The molecule has 2 unspecified atom stereocenters. The third kappa shape index (κ3) is 2.90. The molecule has 1 aliphatic heterocycles. The monoisotopic (exact) mass is 261 g/mol. The van der Waals surface area contributed by atoms with Gasteiger partial charge in [-0.1, -0.05) is 6.07 Å². The number of hydrogen-bond acceptors (Lipinski definition) is 3. The van der Waals surface area contributed by atoms with Crippen LogP contribution in [0.4, 0.5) is 0 Å². The molecule has 1 aliphatic carbocycles. The van der Waals surface area contributed by atoms with Crippen molar-refractivity contribution in [3.63, 3.8) is 0 Å². The number of hydrogen-bond donors (Lipinski definition) is 2. The van der Waals surface area contributed by atoms with Crippen molar-refractivity contribution < 1.29 is 0 Å². The van der Waals surface area contributed by atoms with Crippen LogP contribution in [0.5, 0.6) is 0 Å². The van der Waals surface area contributed by atoms with Crippen LogP contribution < -0.4 is 10.9 Å². The first-order chi connectivity index (χ1) is 9.22. The number of nitrogens with one attached hydrogen (secondary N) is 2. The first kappa shape index (κ1) is 12.9. The summed E-state index contributed by atoms with van der Waals surface area (Å²) in [5.41, 5.74) is 2.47. The predicted molar refractivity (Wildman–Crippen MR) is 76.4 cm³/mol. The van der Waals surface area contributed by atoms with Crippen molar-refractivity contribution in [2.75, 3.05) is 20.1 Å². The number of fused-ring (bicyclic) bond motifs is 1. The molecule has 2 aliphatic rings. The standard InChI is InChI=1S/C15H23N3O/c1-18-9-3-4-11(10-18)16-13-5-2-6-14-12(13)7-8-15(19)17-14/h7-8,11,13,16H,2-6,9-10H2,1H3,(H,17,19). The lowest BCUT2D eigenvalue weighted by molar-refractivity contribution is 0.212. The van der Waals surface area contributed by atoms with E-state index < -0.39 is 0 Å². The molecule has 2 atom stereocenters. The molecule has 0 saturated carbocycles. The molecule has 0 amide bonds. The van der Waals surface area contributed by atoms with Crippen molar-refractivity contribution in [2.45, 2.75) is 44.2 Å². The maximum Gasteiger partial charge on any atom is 0.248 e. The average Bonchev–Trinajstić information content (AvgIpc) is 2.38. The van der Waals surface area contributed by atoms with E-state index >= 15 is 0 Å². The largest absolute Gasteiger partial charge is 0.326 e. The number of likely N-dealkylation sites (tertiary alicyclic amines) is 1. The summed E-state index contributed by atoms with van der Waals surface area (Å²) in [6, 6.07) is 4.67. The number of pyridine rings is 1. The first-order valence-electron chi connectivity index (χ1n) is 7.39. The van der Waals surface area contributed by atoms with Crippen LogP contribution >= 0.6 is 0 Å². The van der Waals surface area contributed by atoms with Gasteiger partial charge < -0.3 is 15.2 Å². The van der Waals surface area contributed by atoms with Crippen molar-refractivity contribution in [1.29, 1.82) is 0 Å². The fourth-order valence-electron chi connectivity index (χ4n) is 3.46. The van der Waals surface area contributed by atoms with Crippen LogP contribution in [0, 0.1) is 0 Å². The van der Waals surface area contributed by atoms with Gasteiger partial charge in [0.05, 0.1) is 0 Å². The van der Waals surface area contributed by atoms with Crippen molar-refractivity contribution in [1.82, 2.24) is 15.2 Å². The molecule has 19 heavy (non-hydrogen) atoms. The van der Waals surface area contributed by atoms with Crippen molar-refractivity contribution in [3.05, 3.63) is 33.7 Å². The lowest BCUT2D eigenvalue weighted by atomic mass is 9.90. The highest BCUT2D eigenvalue weighted by Crippen LogP contribution is 2.28. The fraction of sp³-hybridized carbons (Fsp3) is 0.667. The van der Waals surface area contributed by atoms with E-state index in [1.165, 1.54) is 31.4 Å². The van der Waals surface area contributed by atoms with E-state index in [2.05, 4.69) is 22.2 Å². The molecule has 2 heterocycles. The molecule has 0 radical (unpaired) electrons. The van der Waals surface area contributed by atoms with Crippen LogP contribution in [0.25, 0.3) is 0 Å². The summed E-state index contributed by atoms with van der Waals surface area (Å²) in [7, 11) is 2.19. The van der Waals surface area contributed by atoms with Gasteiger partial charge in [-0.2, -0.15) is 0 Å². The van der Waals surface area contributed by atoms with Crippen LogP contribution in [0.2, 0.25) is 0 Å². The van der Waals surface area contributed by atoms with Gasteiger partial charge in [-0.25, -0.2) is 0 Å². The summed E-state index contributed by atoms with van der Waals surface area (Å²) >= 11 is 0. The number of H-pyrrole nitrogens is 1. The lowest BCUT2D eigenvalue weighted by Gasteiger charge is -2.35. The molecule has 1 aromatic rings. The molecule has 0 bridgehead atoms. The zero-order chi connectivity index (χ0) is 13.2. The summed E-state index contributed by atoms with van der Waals surface area (Å²) in [5.74, 6) is 0. The SMILES string of the molecule is CN1CCCC(NC2CCCc3[nH]c(=O)ccc32)C1. The lowest BCUT2D eigenvalue weighted by Crippen LogP contribution is -2.45. The number of likely N-dealkylation sites (N-methyl/N-ethyl adjacent to an activating group) is 1. The Bertz CT molecular complexity index is 496. The Morgan fingerprint density at radius 1 is 1.32 bits per heavy atom. The number of aromatic nitrogens is 1. The highest BCUT2D eigenvalue weighted by atomic mass is 16.1. The third-order valence-electron chi connectivity index (χ3n) is 4.39. The van der Waals surface area contributed by atoms with Crippen LogP contribution in [0.1, 0.15) is 43.0 Å². The van der Waals surface area contributed by atoms with Gasteiger partial charge in [0, 0.05) is 30.4 Å². The maximum absolute atomic E-state index is 11.4. The Morgan fingerprint density at radius 2 is 2.21 bits per heavy atom. The Balaban J connectivity index is 1.74. The second kappa shape index (κ2) is 5.47. The van der Waals surface area contributed by atoms with E-state index in [9.17, 15) is 4.79 Å². The highest BCUT2D eigenvalue weighted by Gasteiger charge is 2.25. The number of aryl methyl sites for hydroxylation is 1. The van der Waals surface area contributed by atoms with E-state index in [1.54, 1.807) is 6.07 Å². The Hall–Kier alpha value is -1.13. The Kier molecular flexibility index (Phi) is 3.71. The quantitative estimate of drug-likeness (QED) is 0.847. The Labute approximate surface area is 114 Å². The minimum absolute atomic E-state index is 0.0248. The van der Waals surface area contributed by atoms with Crippen LogP contribution in [-0.2, 0) is 6.42 Å². The molecule has 0 spiro atoms. The average molecular weight is 261 g/mol. The van der Waals surface area contributed by atoms with Gasteiger partial charge in [-0.3, -0.25) is 4.79 Å². The fourth-order valence-corrected chi connectivity index (χ4v) is 3.46. The van der Waals surface area contributed by atoms with Crippen LogP contribution in [-0.4, -0.2) is 36.1 Å². The van der Waals surface area contributed by atoms with E-state index in [-0.39, 0.29) is 5.56 Å². The number of aromatic amines is 1. The minimum Gasteiger partial charge on any atom is -0.326 e. The van der Waals surface area contributed by atoms with Gasteiger partial charge in [0.25, 0.3) is 0 Å². The topological polar surface area (TPSA) is 48.1 Å². The molecular formula is C15H23N3O. The van der Waals surface area contributed by atoms with E-state index in [0.717, 1.165) is 25.1 Å². The summed E-state index contributed by atoms with van der Waals surface area (Å²) in [6.45, 7) is 2.35. The molecule has 0 aromatic carbocycles. The highest BCUT2D eigenvalue weighted by molar-refractivity contribution is 5.26. The van der Waals surface area contributed by atoms with Gasteiger partial charge in [-0.05, 0) is 51.3 Å². The maximum atomic E-state index is 11.4. The smallest absolute Gasteiger partial charge is 0.248 e. The molecule has 1 aromatic heterocycles. The molecular weight excluding hydrogens is 238 g/mol. The second-order valence-corrected chi connectivity index (χ2v) is 5.97. The number of rotatable bonds is 2. The minimum atomic E-state index is 0.0248. The van der Waals surface area contributed by atoms with Gasteiger partial charge in [-0.15, -0.1) is 0 Å². The Morgan fingerprint density at radius 3 is 3.05 bits per heavy atom. The van der Waals surface area contributed by atoms with E-state index in [4.69, 9.17) is 0 Å². The van der Waals surface area contributed by atoms with Crippen molar-refractivity contribution in [2.24, 2.45) is 0 Å². The molecule has 1 fully saturated rings. The molecule has 1 saturated heterocycles. The second-order valence-electron chi connectivity index (χ2n) is 5.97. The van der Waals surface area contributed by atoms with Gasteiger partial charge in [0.1, 0.15) is 0 Å². The zero-order valence-electron chi connectivity index (χ0n) is 11.6. The molecule has 4 nitrogen and oxygen atoms in total. The predicted octanol–water partition coefficient (Wildman–Crippen LogP) is 1.44. The summed E-state index contributed by atoms with van der Waals surface area (Å²) in [6.07, 6.45) is 5.89. The molecule has 2 N–H and O–H groups in total. The molecule has 104 valence electrons. The third-order valence-corrected chi connectivity index (χ3v) is 4.39.